The zero-order valence-electron chi connectivity index (χ0n) is 26.6. The Morgan fingerprint density at radius 2 is 0.789 bits per heavy atom. The van der Waals surface area contributed by atoms with Gasteiger partial charge in [-0.1, -0.05) is 26.7 Å². The summed E-state index contributed by atoms with van der Waals surface area (Å²) in [5, 5.41) is 0. The Morgan fingerprint density at radius 3 is 1.08 bits per heavy atom. The van der Waals surface area contributed by atoms with Gasteiger partial charge in [-0.3, -0.25) is 0 Å². The third-order valence-electron chi connectivity index (χ3n) is 7.53. The summed E-state index contributed by atoms with van der Waals surface area (Å²) >= 11 is 0. The first-order chi connectivity index (χ1) is 18.3. The van der Waals surface area contributed by atoms with Crippen LogP contribution in [-0.2, 0) is 14.1 Å². The van der Waals surface area contributed by atoms with E-state index in [1.165, 1.54) is 116 Å². The van der Waals surface area contributed by atoms with E-state index in [4.69, 9.17) is 4.52 Å². The fourth-order valence-electron chi connectivity index (χ4n) is 4.86. The molecule has 0 aliphatic heterocycles. The number of likely N-dealkylation sites (N-methyl/N-ethyl adjacent to an activating group) is 1. The quantitative estimate of drug-likeness (QED) is 0.0501. The van der Waals surface area contributed by atoms with Crippen molar-refractivity contribution in [3.05, 3.63) is 0 Å². The van der Waals surface area contributed by atoms with Crippen LogP contribution in [0.5, 0.6) is 0 Å². The summed E-state index contributed by atoms with van der Waals surface area (Å²) in [4.78, 5) is 26.0. The number of hydrogen-bond donors (Lipinski definition) is 0. The summed E-state index contributed by atoms with van der Waals surface area (Å²) in [7, 11) is 4.33. The number of hydrogen-bond acceptors (Lipinski definition) is 3. The third-order valence-corrected chi connectivity index (χ3v) is 9.54. The first-order valence-corrected chi connectivity index (χ1v) is 18.1. The number of nitrogens with zero attached hydrogens (tertiary/aromatic N) is 1. The van der Waals surface area contributed by atoms with Gasteiger partial charge in [0.05, 0.1) is 0 Å². The van der Waals surface area contributed by atoms with E-state index in [0.717, 1.165) is 36.7 Å². The topological polar surface area (TPSA) is 43.4 Å². The Bertz CT molecular complexity index is 509. The molecule has 38 heavy (non-hydrogen) atoms. The van der Waals surface area contributed by atoms with E-state index in [1.54, 1.807) is 0 Å². The molecule has 0 N–H and O–H groups in total. The average molecular weight is 558 g/mol. The van der Waals surface area contributed by atoms with E-state index < -0.39 is 8.15 Å². The summed E-state index contributed by atoms with van der Waals surface area (Å²) in [6.45, 7) is 5.86. The summed E-state index contributed by atoms with van der Waals surface area (Å²) in [5.41, 5.74) is 0.223. The molecule has 0 saturated carbocycles. The molecule has 0 spiro atoms. The molecule has 0 saturated heterocycles. The molecule has 0 rings (SSSR count). The van der Waals surface area contributed by atoms with Gasteiger partial charge in [-0.25, -0.2) is 0 Å². The van der Waals surface area contributed by atoms with E-state index >= 15 is 0 Å². The minimum Gasteiger partial charge on any atom is -0.0654 e. The second kappa shape index (κ2) is 26.9. The van der Waals surface area contributed by atoms with Gasteiger partial charge in [0, 0.05) is 0 Å². The minimum absolute atomic E-state index is 0.111. The van der Waals surface area contributed by atoms with Crippen LogP contribution in [0, 0.1) is 0 Å². The van der Waals surface area contributed by atoms with Crippen LogP contribution in [0.2, 0.25) is 0 Å². The standard InChI is InChI=1S/C33H68NO3P/c1-6-8-10-12-14-16-18-20-22-24-26-28-32(35)38(37-31-30-34(3,4)5)33(36)29-27-25-23-21-19-17-15-13-11-9-7-2/h38H,6-31H2,1-5H3. The van der Waals surface area contributed by atoms with Crippen LogP contribution >= 0.6 is 8.15 Å². The van der Waals surface area contributed by atoms with E-state index in [2.05, 4.69) is 35.0 Å². The molecule has 0 aliphatic carbocycles. The second-order valence-electron chi connectivity index (χ2n) is 12.6. The number of quaternary nitrogens is 1. The molecule has 0 aromatic rings. The van der Waals surface area contributed by atoms with Gasteiger partial charge >= 0.3 is 213 Å². The van der Waals surface area contributed by atoms with Crippen LogP contribution in [0.4, 0.5) is 0 Å². The van der Waals surface area contributed by atoms with Gasteiger partial charge in [0.1, 0.15) is 0 Å². The number of unbranched alkanes of at least 4 members (excludes halogenated alkanes) is 20. The Labute approximate surface area is 239 Å². The molecule has 0 fully saturated rings. The molecule has 0 unspecified atom stereocenters. The molecule has 0 bridgehead atoms. The fraction of sp³-hybridized carbons (Fsp3) is 0.939. The van der Waals surface area contributed by atoms with Gasteiger partial charge in [0.25, 0.3) is 0 Å². The van der Waals surface area contributed by atoms with Crippen LogP contribution in [-0.4, -0.2) is 49.8 Å². The van der Waals surface area contributed by atoms with E-state index in [-0.39, 0.29) is 11.0 Å². The van der Waals surface area contributed by atoms with Gasteiger partial charge in [-0.15, -0.1) is 0 Å². The molecular formula is C33H68NO3P. The number of carbonyl (C=O) groups is 2. The Kier molecular flexibility index (Phi) is 26.7. The monoisotopic (exact) mass is 557 g/mol. The molecule has 5 heteroatoms. The molecule has 228 valence electrons. The average Bonchev–Trinajstić information content (AvgIpc) is 2.87. The summed E-state index contributed by atoms with van der Waals surface area (Å²) in [6, 6.07) is 0. The van der Waals surface area contributed by atoms with Crippen molar-refractivity contribution in [2.45, 2.75) is 168 Å². The first kappa shape index (κ1) is 37.7. The second-order valence-corrected chi connectivity index (χ2v) is 14.7. The number of carbonyl (C=O) groups excluding carboxylic acids is 2. The summed E-state index contributed by atoms with van der Waals surface area (Å²) < 4.78 is 6.82. The van der Waals surface area contributed by atoms with E-state index in [0.29, 0.717) is 19.4 Å². The van der Waals surface area contributed by atoms with E-state index in [9.17, 15) is 9.59 Å². The van der Waals surface area contributed by atoms with E-state index in [1.807, 2.05) is 0 Å². The van der Waals surface area contributed by atoms with Crippen molar-refractivity contribution < 1.29 is 18.6 Å². The normalized spacial score (nSPS) is 12.2. The fourth-order valence-corrected chi connectivity index (χ4v) is 6.60. The Balaban J connectivity index is 4.15. The van der Waals surface area contributed by atoms with Crippen molar-refractivity contribution in [2.24, 2.45) is 0 Å². The molecule has 0 aliphatic rings. The molecule has 0 aromatic heterocycles. The van der Waals surface area contributed by atoms with Crippen molar-refractivity contribution in [1.29, 1.82) is 0 Å². The minimum atomic E-state index is -2.03. The molecule has 0 atom stereocenters. The molecule has 0 radical (unpaired) electrons. The van der Waals surface area contributed by atoms with Crippen LogP contribution in [0.25, 0.3) is 0 Å². The van der Waals surface area contributed by atoms with Gasteiger partial charge in [-0.2, -0.15) is 0 Å². The predicted molar refractivity (Wildman–Crippen MR) is 169 cm³/mol. The Hall–Kier alpha value is -0.310. The zero-order valence-corrected chi connectivity index (χ0v) is 27.6. The van der Waals surface area contributed by atoms with Crippen molar-refractivity contribution >= 4 is 19.2 Å². The van der Waals surface area contributed by atoms with Gasteiger partial charge in [0.2, 0.25) is 0 Å². The molecule has 4 nitrogen and oxygen atoms in total. The predicted octanol–water partition coefficient (Wildman–Crippen LogP) is 10.3. The number of rotatable bonds is 30. The third kappa shape index (κ3) is 25.9. The van der Waals surface area contributed by atoms with Crippen molar-refractivity contribution in [1.82, 2.24) is 0 Å². The van der Waals surface area contributed by atoms with Crippen LogP contribution in [0.3, 0.4) is 0 Å². The van der Waals surface area contributed by atoms with Crippen LogP contribution < -0.4 is 0 Å². The zero-order chi connectivity index (χ0) is 28.3. The van der Waals surface area contributed by atoms with Gasteiger partial charge < -0.3 is 0 Å². The molecule has 0 amide bonds. The van der Waals surface area contributed by atoms with Gasteiger partial charge in [-0.05, 0) is 0 Å². The van der Waals surface area contributed by atoms with Gasteiger partial charge in [0.15, 0.2) is 0 Å². The molecule has 0 aromatic carbocycles. The SMILES string of the molecule is CCCCCCCCCCCCCC(=O)[PH-](OCC[N+](C)(C)C)C(=O)CCCCCCCCCCCCC. The van der Waals surface area contributed by atoms with Crippen LogP contribution in [0.1, 0.15) is 168 Å². The van der Waals surface area contributed by atoms with Crippen molar-refractivity contribution in [3.63, 3.8) is 0 Å². The Morgan fingerprint density at radius 1 is 0.500 bits per heavy atom. The first-order valence-electron chi connectivity index (χ1n) is 16.7. The summed E-state index contributed by atoms with van der Waals surface area (Å²) in [5.74, 6) is 0. The van der Waals surface area contributed by atoms with Crippen LogP contribution in [0.15, 0.2) is 0 Å². The maximum atomic E-state index is 13.0. The molecular weight excluding hydrogens is 489 g/mol. The smallest absolute Gasteiger partial charge is 0.0654 e. The van der Waals surface area contributed by atoms with Crippen molar-refractivity contribution in [3.8, 4) is 0 Å². The summed E-state index contributed by atoms with van der Waals surface area (Å²) in [6.07, 6.45) is 29.0. The van der Waals surface area contributed by atoms with Crippen molar-refractivity contribution in [2.75, 3.05) is 34.3 Å². The molecule has 0 heterocycles. The maximum absolute atomic E-state index is 13.0.